The van der Waals surface area contributed by atoms with Crippen LogP contribution in [0, 0.1) is 0 Å². The minimum absolute atomic E-state index is 0.0303. The highest BCUT2D eigenvalue weighted by molar-refractivity contribution is 9.11. The summed E-state index contributed by atoms with van der Waals surface area (Å²) in [6, 6.07) is 8.34. The molecule has 0 unspecified atom stereocenters. The van der Waals surface area contributed by atoms with E-state index in [4.69, 9.17) is 9.47 Å². The summed E-state index contributed by atoms with van der Waals surface area (Å²) in [5.74, 6) is 0.459. The maximum atomic E-state index is 11.8. The second kappa shape index (κ2) is 9.21. The van der Waals surface area contributed by atoms with Crippen molar-refractivity contribution in [3.63, 3.8) is 0 Å². The van der Waals surface area contributed by atoms with Gasteiger partial charge in [0.1, 0.15) is 5.75 Å². The van der Waals surface area contributed by atoms with E-state index in [1.807, 2.05) is 12.1 Å². The molecule has 2 N–H and O–H groups in total. The van der Waals surface area contributed by atoms with Gasteiger partial charge in [-0.05, 0) is 67.8 Å². The van der Waals surface area contributed by atoms with Crippen molar-refractivity contribution < 1.29 is 19.4 Å². The van der Waals surface area contributed by atoms with Crippen molar-refractivity contribution in [2.24, 2.45) is 5.10 Å². The fourth-order valence-corrected chi connectivity index (χ4v) is 4.28. The van der Waals surface area contributed by atoms with Gasteiger partial charge in [-0.3, -0.25) is 4.79 Å². The number of hydrogen-bond donors (Lipinski definition) is 2. The van der Waals surface area contributed by atoms with E-state index in [9.17, 15) is 9.90 Å². The van der Waals surface area contributed by atoms with Gasteiger partial charge in [-0.2, -0.15) is 5.10 Å². The number of hydrazone groups is 1. The van der Waals surface area contributed by atoms with Gasteiger partial charge in [0, 0.05) is 4.47 Å². The minimum Gasteiger partial charge on any atom is -0.504 e. The van der Waals surface area contributed by atoms with Crippen LogP contribution in [0.25, 0.3) is 0 Å². The number of phenolic OH excluding ortho intramolecular Hbond substituents is 1. The highest BCUT2D eigenvalue weighted by atomic mass is 79.9. The van der Waals surface area contributed by atoms with Crippen molar-refractivity contribution >= 4 is 59.9 Å². The second-order valence-corrected chi connectivity index (χ2v) is 7.34. The Morgan fingerprint density at radius 1 is 1.24 bits per heavy atom. The molecule has 0 heterocycles. The Kier molecular flexibility index (Phi) is 7.27. The Bertz CT molecular complexity index is 789. The highest BCUT2D eigenvalue weighted by Crippen LogP contribution is 2.36. The molecule has 2 aromatic rings. The number of nitrogens with one attached hydrogen (secondary N) is 1. The molecule has 0 aliphatic heterocycles. The third-order valence-corrected chi connectivity index (χ3v) is 4.55. The number of benzene rings is 2. The summed E-state index contributed by atoms with van der Waals surface area (Å²) in [7, 11) is 1.45. The first-order valence-electron chi connectivity index (χ1n) is 6.87. The van der Waals surface area contributed by atoms with Gasteiger partial charge >= 0.3 is 0 Å². The number of halogens is 3. The van der Waals surface area contributed by atoms with Crippen LogP contribution >= 0.6 is 47.8 Å². The zero-order valence-corrected chi connectivity index (χ0v) is 17.7. The summed E-state index contributed by atoms with van der Waals surface area (Å²) in [6.07, 6.45) is 1.44. The topological polar surface area (TPSA) is 80.2 Å². The lowest BCUT2D eigenvalue weighted by molar-refractivity contribution is -0.123. The minimum atomic E-state index is -0.413. The number of nitrogens with zero attached hydrogens (tertiary/aromatic N) is 1. The number of ether oxygens (including phenoxy) is 2. The largest absolute Gasteiger partial charge is 0.504 e. The number of carbonyl (C=O) groups excluding carboxylic acids is 1. The Morgan fingerprint density at radius 3 is 2.56 bits per heavy atom. The van der Waals surface area contributed by atoms with Gasteiger partial charge in [0.05, 0.1) is 22.3 Å². The summed E-state index contributed by atoms with van der Waals surface area (Å²) in [5.41, 5.74) is 3.03. The zero-order valence-electron chi connectivity index (χ0n) is 12.9. The lowest BCUT2D eigenvalue weighted by Crippen LogP contribution is -2.24. The SMILES string of the molecule is COc1cc(C=NNC(=O)COc2c(Br)cc(Br)cc2Br)ccc1O. The van der Waals surface area contributed by atoms with Crippen LogP contribution in [0.4, 0.5) is 0 Å². The van der Waals surface area contributed by atoms with Crippen molar-refractivity contribution in [2.45, 2.75) is 0 Å². The standard InChI is InChI=1S/C16H13Br3N2O4/c1-24-14-4-9(2-3-13(14)22)7-20-21-15(23)8-25-16-11(18)5-10(17)6-12(16)19/h2-7,22H,8H2,1H3,(H,21,23). The first-order valence-corrected chi connectivity index (χ1v) is 9.25. The van der Waals surface area contributed by atoms with Gasteiger partial charge in [0.25, 0.3) is 5.91 Å². The summed E-state index contributed by atoms with van der Waals surface area (Å²) in [4.78, 5) is 11.8. The summed E-state index contributed by atoms with van der Waals surface area (Å²) in [5, 5.41) is 13.4. The number of amides is 1. The number of phenols is 1. The average Bonchev–Trinajstić information content (AvgIpc) is 2.55. The van der Waals surface area contributed by atoms with Crippen molar-refractivity contribution in [2.75, 3.05) is 13.7 Å². The molecule has 2 aromatic carbocycles. The van der Waals surface area contributed by atoms with Gasteiger partial charge in [0.2, 0.25) is 0 Å². The number of rotatable bonds is 6. The molecule has 25 heavy (non-hydrogen) atoms. The van der Waals surface area contributed by atoms with E-state index in [1.54, 1.807) is 12.1 Å². The van der Waals surface area contributed by atoms with Crippen LogP contribution in [-0.4, -0.2) is 30.9 Å². The van der Waals surface area contributed by atoms with Crippen LogP contribution in [0.5, 0.6) is 17.2 Å². The van der Waals surface area contributed by atoms with E-state index in [-0.39, 0.29) is 12.4 Å². The molecular formula is C16H13Br3N2O4. The monoisotopic (exact) mass is 534 g/mol. The Balaban J connectivity index is 1.91. The van der Waals surface area contributed by atoms with E-state index in [0.29, 0.717) is 26.0 Å². The molecule has 0 atom stereocenters. The summed E-state index contributed by atoms with van der Waals surface area (Å²) in [6.45, 7) is -0.199. The lowest BCUT2D eigenvalue weighted by atomic mass is 10.2. The molecule has 0 radical (unpaired) electrons. The van der Waals surface area contributed by atoms with Crippen molar-refractivity contribution in [3.8, 4) is 17.2 Å². The molecular weight excluding hydrogens is 524 g/mol. The molecule has 0 aliphatic carbocycles. The maximum Gasteiger partial charge on any atom is 0.277 e. The number of methoxy groups -OCH3 is 1. The van der Waals surface area contributed by atoms with E-state index in [1.165, 1.54) is 19.4 Å². The normalized spacial score (nSPS) is 10.7. The molecule has 0 saturated heterocycles. The molecule has 0 fully saturated rings. The molecule has 1 amide bonds. The van der Waals surface area contributed by atoms with Crippen LogP contribution in [0.3, 0.4) is 0 Å². The van der Waals surface area contributed by atoms with Crippen molar-refractivity contribution in [1.29, 1.82) is 0 Å². The van der Waals surface area contributed by atoms with Crippen molar-refractivity contribution in [3.05, 3.63) is 49.3 Å². The third-order valence-electron chi connectivity index (χ3n) is 2.92. The molecule has 0 aromatic heterocycles. The maximum absolute atomic E-state index is 11.8. The fourth-order valence-electron chi connectivity index (χ4n) is 1.79. The number of aromatic hydroxyl groups is 1. The van der Waals surface area contributed by atoms with Crippen LogP contribution < -0.4 is 14.9 Å². The van der Waals surface area contributed by atoms with Gasteiger partial charge in [-0.15, -0.1) is 0 Å². The van der Waals surface area contributed by atoms with E-state index in [2.05, 4.69) is 58.3 Å². The molecule has 9 heteroatoms. The quantitative estimate of drug-likeness (QED) is 0.428. The Labute approximate surface area is 169 Å². The summed E-state index contributed by atoms with van der Waals surface area (Å²) >= 11 is 10.1. The molecule has 0 spiro atoms. The van der Waals surface area contributed by atoms with Crippen LogP contribution in [0.2, 0.25) is 0 Å². The second-order valence-electron chi connectivity index (χ2n) is 4.71. The van der Waals surface area contributed by atoms with E-state index in [0.717, 1.165) is 4.47 Å². The van der Waals surface area contributed by atoms with E-state index >= 15 is 0 Å². The van der Waals surface area contributed by atoms with Gasteiger partial charge in [0.15, 0.2) is 18.1 Å². The van der Waals surface area contributed by atoms with Crippen molar-refractivity contribution in [1.82, 2.24) is 5.43 Å². The number of carbonyl (C=O) groups is 1. The number of hydrogen-bond acceptors (Lipinski definition) is 5. The predicted octanol–water partition coefficient (Wildman–Crippen LogP) is 4.22. The molecule has 0 saturated carbocycles. The lowest BCUT2D eigenvalue weighted by Gasteiger charge is -2.10. The first-order chi connectivity index (χ1) is 11.9. The summed E-state index contributed by atoms with van der Waals surface area (Å²) < 4.78 is 12.8. The average molecular weight is 537 g/mol. The molecule has 2 rings (SSSR count). The third kappa shape index (κ3) is 5.72. The van der Waals surface area contributed by atoms with Crippen LogP contribution in [-0.2, 0) is 4.79 Å². The zero-order chi connectivity index (χ0) is 18.4. The highest BCUT2D eigenvalue weighted by Gasteiger charge is 2.10. The smallest absolute Gasteiger partial charge is 0.277 e. The van der Waals surface area contributed by atoms with Crippen LogP contribution in [0.1, 0.15) is 5.56 Å². The molecule has 6 nitrogen and oxygen atoms in total. The first kappa shape index (κ1) is 19.7. The van der Waals surface area contributed by atoms with Gasteiger partial charge in [-0.25, -0.2) is 5.43 Å². The van der Waals surface area contributed by atoms with Crippen LogP contribution in [0.15, 0.2) is 48.9 Å². The Morgan fingerprint density at radius 2 is 1.92 bits per heavy atom. The van der Waals surface area contributed by atoms with E-state index < -0.39 is 5.91 Å². The fraction of sp³-hybridized carbons (Fsp3) is 0.125. The molecule has 132 valence electrons. The Hall–Kier alpha value is -1.58. The molecule has 0 bridgehead atoms. The van der Waals surface area contributed by atoms with Gasteiger partial charge < -0.3 is 14.6 Å². The molecule has 0 aliphatic rings. The predicted molar refractivity (Wildman–Crippen MR) is 105 cm³/mol. The van der Waals surface area contributed by atoms with Gasteiger partial charge in [-0.1, -0.05) is 15.9 Å².